The zero-order chi connectivity index (χ0) is 8.74. The van der Waals surface area contributed by atoms with Crippen molar-refractivity contribution in [3.63, 3.8) is 0 Å². The van der Waals surface area contributed by atoms with Crippen LogP contribution < -0.4 is 0 Å². The van der Waals surface area contributed by atoms with E-state index in [9.17, 15) is 0 Å². The normalized spacial score (nSPS) is 11.5. The van der Waals surface area contributed by atoms with Crippen LogP contribution in [0.3, 0.4) is 0 Å². The number of rotatable bonds is 5. The van der Waals surface area contributed by atoms with Gasteiger partial charge in [0.05, 0.1) is 0 Å². The average Bonchev–Trinajstić information content (AvgIpc) is 1.85. The van der Waals surface area contributed by atoms with Crippen LogP contribution in [0.1, 0.15) is 52.9 Å². The zero-order valence-electron chi connectivity index (χ0n) is 8.32. The van der Waals surface area contributed by atoms with Crippen LogP contribution >= 0.6 is 0 Å². The second-order valence-corrected chi connectivity index (χ2v) is 4.45. The minimum Gasteiger partial charge on any atom is -0.103 e. The lowest BCUT2D eigenvalue weighted by Gasteiger charge is -2.17. The third-order valence-corrected chi connectivity index (χ3v) is 1.84. The largest absolute Gasteiger partial charge is 0.103 e. The molecular weight excluding hydrogens is 132 g/mol. The molecule has 0 saturated carbocycles. The first-order valence-corrected chi connectivity index (χ1v) is 4.67. The maximum atomic E-state index is 3.71. The van der Waals surface area contributed by atoms with Gasteiger partial charge in [0, 0.05) is 0 Å². The molecule has 0 aromatic heterocycles. The summed E-state index contributed by atoms with van der Waals surface area (Å²) in [4.78, 5) is 0. The summed E-state index contributed by atoms with van der Waals surface area (Å²) in [6.07, 6.45) is 8.60. The highest BCUT2D eigenvalue weighted by atomic mass is 14.1. The van der Waals surface area contributed by atoms with Crippen LogP contribution in [-0.4, -0.2) is 0 Å². The lowest BCUT2D eigenvalue weighted by Crippen LogP contribution is -2.03. The van der Waals surface area contributed by atoms with Crippen molar-refractivity contribution >= 4 is 0 Å². The Bertz CT molecular complexity index is 95.1. The summed E-state index contributed by atoms with van der Waals surface area (Å²) in [5.41, 5.74) is 0.522. The molecule has 0 heterocycles. The third-order valence-electron chi connectivity index (χ3n) is 1.84. The first-order valence-electron chi connectivity index (χ1n) is 4.67. The Balaban J connectivity index is 3.08. The van der Waals surface area contributed by atoms with E-state index in [1.54, 1.807) is 0 Å². The van der Waals surface area contributed by atoms with Gasteiger partial charge in [0.1, 0.15) is 0 Å². The Morgan fingerprint density at radius 2 is 1.73 bits per heavy atom. The summed E-state index contributed by atoms with van der Waals surface area (Å²) in [6, 6.07) is 0. The molecule has 0 unspecified atom stereocenters. The molecule has 11 heavy (non-hydrogen) atoms. The molecular formula is C11H22. The summed E-state index contributed by atoms with van der Waals surface area (Å²) in [6.45, 7) is 10.6. The molecule has 0 fully saturated rings. The molecule has 0 aromatic carbocycles. The van der Waals surface area contributed by atoms with E-state index in [1.165, 1.54) is 32.1 Å². The molecule has 0 aliphatic carbocycles. The Morgan fingerprint density at radius 1 is 1.09 bits per heavy atom. The molecule has 0 aliphatic rings. The lowest BCUT2D eigenvalue weighted by atomic mass is 9.89. The highest BCUT2D eigenvalue weighted by molar-refractivity contribution is 4.66. The monoisotopic (exact) mass is 154 g/mol. The van der Waals surface area contributed by atoms with Crippen LogP contribution in [0, 0.1) is 5.41 Å². The van der Waals surface area contributed by atoms with Crippen molar-refractivity contribution in [2.45, 2.75) is 52.9 Å². The Kier molecular flexibility index (Phi) is 5.27. The predicted molar refractivity (Wildman–Crippen MR) is 52.7 cm³/mol. The highest BCUT2D eigenvalue weighted by Gasteiger charge is 2.08. The maximum absolute atomic E-state index is 3.71. The zero-order valence-corrected chi connectivity index (χ0v) is 8.32. The number of unbranched alkanes of at least 4 members (excludes halogenated alkanes) is 3. The maximum Gasteiger partial charge on any atom is -0.0353 e. The third kappa shape index (κ3) is 9.74. The molecule has 0 atom stereocenters. The first-order chi connectivity index (χ1) is 5.06. The van der Waals surface area contributed by atoms with Crippen LogP contribution in [0.4, 0.5) is 0 Å². The summed E-state index contributed by atoms with van der Waals surface area (Å²) < 4.78 is 0. The van der Waals surface area contributed by atoms with Crippen LogP contribution in [-0.2, 0) is 0 Å². The number of hydrogen-bond acceptors (Lipinski definition) is 0. The van der Waals surface area contributed by atoms with Gasteiger partial charge in [0.15, 0.2) is 0 Å². The minimum absolute atomic E-state index is 0.522. The minimum atomic E-state index is 0.522. The molecule has 0 amide bonds. The molecule has 0 bridgehead atoms. The van der Waals surface area contributed by atoms with Crippen molar-refractivity contribution in [2.75, 3.05) is 0 Å². The van der Waals surface area contributed by atoms with Crippen molar-refractivity contribution in [1.29, 1.82) is 0 Å². The molecule has 0 N–H and O–H groups in total. The van der Waals surface area contributed by atoms with E-state index in [2.05, 4.69) is 27.4 Å². The molecule has 0 radical (unpaired) electrons. The van der Waals surface area contributed by atoms with Gasteiger partial charge in [-0.15, -0.1) is 6.58 Å². The van der Waals surface area contributed by atoms with Crippen molar-refractivity contribution < 1.29 is 0 Å². The van der Waals surface area contributed by atoms with Crippen LogP contribution in [0.5, 0.6) is 0 Å². The fraction of sp³-hybridized carbons (Fsp3) is 0.818. The van der Waals surface area contributed by atoms with Gasteiger partial charge in [-0.3, -0.25) is 0 Å². The van der Waals surface area contributed by atoms with Gasteiger partial charge in [-0.25, -0.2) is 0 Å². The highest BCUT2D eigenvalue weighted by Crippen LogP contribution is 2.22. The van der Waals surface area contributed by atoms with Crippen molar-refractivity contribution in [3.8, 4) is 0 Å². The summed E-state index contributed by atoms with van der Waals surface area (Å²) in [7, 11) is 0. The van der Waals surface area contributed by atoms with E-state index in [-0.39, 0.29) is 0 Å². The van der Waals surface area contributed by atoms with Gasteiger partial charge >= 0.3 is 0 Å². The fourth-order valence-electron chi connectivity index (χ4n) is 1.12. The van der Waals surface area contributed by atoms with Crippen molar-refractivity contribution in [1.82, 2.24) is 0 Å². The smallest absolute Gasteiger partial charge is 0.0353 e. The van der Waals surface area contributed by atoms with Gasteiger partial charge in [-0.1, -0.05) is 39.7 Å². The van der Waals surface area contributed by atoms with Crippen molar-refractivity contribution in [3.05, 3.63) is 12.7 Å². The first kappa shape index (κ1) is 10.7. The molecule has 0 aliphatic heterocycles. The van der Waals surface area contributed by atoms with Gasteiger partial charge in [-0.05, 0) is 24.7 Å². The quantitative estimate of drug-likeness (QED) is 0.412. The van der Waals surface area contributed by atoms with E-state index in [4.69, 9.17) is 0 Å². The molecule has 0 nitrogen and oxygen atoms in total. The molecule has 66 valence electrons. The van der Waals surface area contributed by atoms with Gasteiger partial charge in [0.25, 0.3) is 0 Å². The summed E-state index contributed by atoms with van der Waals surface area (Å²) >= 11 is 0. The fourth-order valence-corrected chi connectivity index (χ4v) is 1.12. The second kappa shape index (κ2) is 5.40. The van der Waals surface area contributed by atoms with E-state index in [0.717, 1.165) is 0 Å². The lowest BCUT2D eigenvalue weighted by molar-refractivity contribution is 0.358. The van der Waals surface area contributed by atoms with E-state index >= 15 is 0 Å². The topological polar surface area (TPSA) is 0 Å². The van der Waals surface area contributed by atoms with E-state index < -0.39 is 0 Å². The molecule has 0 saturated heterocycles. The summed E-state index contributed by atoms with van der Waals surface area (Å²) in [5.74, 6) is 0. The Labute approximate surface area is 71.7 Å². The molecule has 0 heteroatoms. The number of allylic oxidation sites excluding steroid dienone is 1. The average molecular weight is 154 g/mol. The standard InChI is InChI=1S/C11H22/c1-5-6-7-8-9-10-11(2,3)4/h5H,1,6-10H2,2-4H3. The second-order valence-electron chi connectivity index (χ2n) is 4.45. The predicted octanol–water partition coefficient (Wildman–Crippen LogP) is 4.17. The number of hydrogen-bond donors (Lipinski definition) is 0. The van der Waals surface area contributed by atoms with Gasteiger partial charge < -0.3 is 0 Å². The van der Waals surface area contributed by atoms with Crippen LogP contribution in [0.15, 0.2) is 12.7 Å². The summed E-state index contributed by atoms with van der Waals surface area (Å²) in [5, 5.41) is 0. The van der Waals surface area contributed by atoms with E-state index in [1.807, 2.05) is 6.08 Å². The SMILES string of the molecule is C=CCCCCCC(C)(C)C. The molecule has 0 spiro atoms. The van der Waals surface area contributed by atoms with Gasteiger partial charge in [0.2, 0.25) is 0 Å². The molecule has 0 rings (SSSR count). The van der Waals surface area contributed by atoms with Crippen LogP contribution in [0.25, 0.3) is 0 Å². The van der Waals surface area contributed by atoms with Gasteiger partial charge in [-0.2, -0.15) is 0 Å². The molecule has 0 aromatic rings. The Morgan fingerprint density at radius 3 is 2.18 bits per heavy atom. The van der Waals surface area contributed by atoms with E-state index in [0.29, 0.717) is 5.41 Å². The Hall–Kier alpha value is -0.260. The van der Waals surface area contributed by atoms with Crippen molar-refractivity contribution in [2.24, 2.45) is 5.41 Å². The van der Waals surface area contributed by atoms with Crippen LogP contribution in [0.2, 0.25) is 0 Å².